The van der Waals surface area contributed by atoms with Crippen LogP contribution in [0.15, 0.2) is 12.1 Å². The number of rotatable bonds is 4. The first-order valence-corrected chi connectivity index (χ1v) is 7.42. The molecule has 108 valence electrons. The normalized spacial score (nSPS) is 18.4. The van der Waals surface area contributed by atoms with Gasteiger partial charge in [-0.1, -0.05) is 12.8 Å². The molecule has 1 heterocycles. The Morgan fingerprint density at radius 3 is 2.65 bits per heavy atom. The first kappa shape index (κ1) is 13.8. The SMILES string of the molecule is CC(Cl)c1nc2c(F)cc(F)cc2n1C(C)CC1CC1. The Hall–Kier alpha value is -1.16. The van der Waals surface area contributed by atoms with Gasteiger partial charge in [0, 0.05) is 12.1 Å². The van der Waals surface area contributed by atoms with Crippen LogP contribution in [0.3, 0.4) is 0 Å². The van der Waals surface area contributed by atoms with Gasteiger partial charge in [-0.3, -0.25) is 0 Å². The molecule has 1 aromatic carbocycles. The molecule has 2 nitrogen and oxygen atoms in total. The predicted molar refractivity (Wildman–Crippen MR) is 76.0 cm³/mol. The Morgan fingerprint density at radius 2 is 2.05 bits per heavy atom. The lowest BCUT2D eigenvalue weighted by Gasteiger charge is -2.18. The minimum absolute atomic E-state index is 0.143. The molecule has 2 aromatic rings. The van der Waals surface area contributed by atoms with Crippen molar-refractivity contribution in [3.63, 3.8) is 0 Å². The molecule has 20 heavy (non-hydrogen) atoms. The number of aromatic nitrogens is 2. The molecule has 2 unspecified atom stereocenters. The van der Waals surface area contributed by atoms with E-state index in [0.29, 0.717) is 11.3 Å². The first-order valence-electron chi connectivity index (χ1n) is 6.98. The number of halogens is 3. The van der Waals surface area contributed by atoms with E-state index in [1.807, 2.05) is 4.57 Å². The van der Waals surface area contributed by atoms with Crippen molar-refractivity contribution < 1.29 is 8.78 Å². The number of hydrogen-bond acceptors (Lipinski definition) is 1. The van der Waals surface area contributed by atoms with Crippen LogP contribution >= 0.6 is 11.6 Å². The fourth-order valence-electron chi connectivity index (χ4n) is 2.82. The van der Waals surface area contributed by atoms with Crippen LogP contribution in [0.2, 0.25) is 0 Å². The van der Waals surface area contributed by atoms with E-state index in [4.69, 9.17) is 11.6 Å². The summed E-state index contributed by atoms with van der Waals surface area (Å²) in [6.07, 6.45) is 3.48. The molecule has 0 aliphatic heterocycles. The van der Waals surface area contributed by atoms with Gasteiger partial charge in [-0.25, -0.2) is 13.8 Å². The van der Waals surface area contributed by atoms with Gasteiger partial charge in [0.15, 0.2) is 5.82 Å². The Balaban J connectivity index is 2.16. The Kier molecular flexibility index (Phi) is 3.44. The van der Waals surface area contributed by atoms with Crippen molar-refractivity contribution in [1.29, 1.82) is 0 Å². The van der Waals surface area contributed by atoms with Crippen molar-refractivity contribution in [2.75, 3.05) is 0 Å². The average Bonchev–Trinajstić information content (AvgIpc) is 3.06. The summed E-state index contributed by atoms with van der Waals surface area (Å²) in [6.45, 7) is 3.86. The van der Waals surface area contributed by atoms with Crippen LogP contribution in [0.1, 0.15) is 50.4 Å². The molecule has 3 rings (SSSR count). The van der Waals surface area contributed by atoms with Gasteiger partial charge in [0.1, 0.15) is 17.2 Å². The van der Waals surface area contributed by atoms with E-state index in [1.165, 1.54) is 18.9 Å². The van der Waals surface area contributed by atoms with Crippen molar-refractivity contribution in [1.82, 2.24) is 9.55 Å². The van der Waals surface area contributed by atoms with Crippen molar-refractivity contribution in [2.24, 2.45) is 5.92 Å². The van der Waals surface area contributed by atoms with Crippen LogP contribution < -0.4 is 0 Å². The standard InChI is InChI=1S/C15H17ClF2N2/c1-8(5-10-3-4-10)20-13-7-11(17)6-12(18)14(13)19-15(20)9(2)16/h6-10H,3-5H2,1-2H3. The fourth-order valence-corrected chi connectivity index (χ4v) is 2.98. The summed E-state index contributed by atoms with van der Waals surface area (Å²) in [4.78, 5) is 4.29. The molecule has 1 aromatic heterocycles. The second kappa shape index (κ2) is 4.99. The zero-order valence-electron chi connectivity index (χ0n) is 11.5. The summed E-state index contributed by atoms with van der Waals surface area (Å²) in [5, 5.41) is -0.341. The third-order valence-electron chi connectivity index (χ3n) is 3.91. The van der Waals surface area contributed by atoms with Crippen molar-refractivity contribution >= 4 is 22.6 Å². The molecule has 0 amide bonds. The highest BCUT2D eigenvalue weighted by molar-refractivity contribution is 6.20. The van der Waals surface area contributed by atoms with Crippen LogP contribution in [-0.2, 0) is 0 Å². The molecule has 5 heteroatoms. The van der Waals surface area contributed by atoms with Crippen LogP contribution in [0.25, 0.3) is 11.0 Å². The molecule has 1 fully saturated rings. The van der Waals surface area contributed by atoms with E-state index in [-0.39, 0.29) is 16.9 Å². The number of nitrogens with zero attached hydrogens (tertiary/aromatic N) is 2. The summed E-state index contributed by atoms with van der Waals surface area (Å²) >= 11 is 6.17. The molecule has 0 bridgehead atoms. The van der Waals surface area contributed by atoms with Crippen LogP contribution in [0.4, 0.5) is 8.78 Å². The lowest BCUT2D eigenvalue weighted by atomic mass is 10.1. The predicted octanol–water partition coefficient (Wildman–Crippen LogP) is 4.98. The Labute approximate surface area is 121 Å². The number of alkyl halides is 1. The fraction of sp³-hybridized carbons (Fsp3) is 0.533. The summed E-state index contributed by atoms with van der Waals surface area (Å²) in [6, 6.07) is 2.36. The Bertz CT molecular complexity index is 647. The zero-order chi connectivity index (χ0) is 14.4. The maximum absolute atomic E-state index is 13.9. The van der Waals surface area contributed by atoms with Crippen molar-refractivity contribution in [3.05, 3.63) is 29.6 Å². The summed E-state index contributed by atoms with van der Waals surface area (Å²) in [5.74, 6) is 0.123. The van der Waals surface area contributed by atoms with E-state index < -0.39 is 11.6 Å². The van der Waals surface area contributed by atoms with E-state index in [9.17, 15) is 8.78 Å². The second-order valence-corrected chi connectivity index (χ2v) is 6.39. The smallest absolute Gasteiger partial charge is 0.153 e. The number of fused-ring (bicyclic) bond motifs is 1. The highest BCUT2D eigenvalue weighted by Crippen LogP contribution is 2.39. The van der Waals surface area contributed by atoms with E-state index in [2.05, 4.69) is 11.9 Å². The minimum Gasteiger partial charge on any atom is -0.324 e. The van der Waals surface area contributed by atoms with Gasteiger partial charge in [0.05, 0.1) is 10.9 Å². The van der Waals surface area contributed by atoms with Gasteiger partial charge in [-0.05, 0) is 32.3 Å². The van der Waals surface area contributed by atoms with Gasteiger partial charge >= 0.3 is 0 Å². The first-order chi connectivity index (χ1) is 9.47. The van der Waals surface area contributed by atoms with E-state index >= 15 is 0 Å². The molecular formula is C15H17ClF2N2. The third-order valence-corrected chi connectivity index (χ3v) is 4.10. The maximum atomic E-state index is 13.9. The van der Waals surface area contributed by atoms with E-state index in [0.717, 1.165) is 18.4 Å². The lowest BCUT2D eigenvalue weighted by molar-refractivity contribution is 0.471. The van der Waals surface area contributed by atoms with Crippen LogP contribution in [0, 0.1) is 17.6 Å². The molecule has 0 radical (unpaired) electrons. The number of hydrogen-bond donors (Lipinski definition) is 0. The summed E-state index contributed by atoms with van der Waals surface area (Å²) in [7, 11) is 0. The molecule has 1 saturated carbocycles. The van der Waals surface area contributed by atoms with Gasteiger partial charge < -0.3 is 4.57 Å². The van der Waals surface area contributed by atoms with Crippen molar-refractivity contribution in [3.8, 4) is 0 Å². The molecular weight excluding hydrogens is 282 g/mol. The monoisotopic (exact) mass is 298 g/mol. The maximum Gasteiger partial charge on any atom is 0.153 e. The molecule has 0 spiro atoms. The molecule has 1 aliphatic rings. The average molecular weight is 299 g/mol. The quantitative estimate of drug-likeness (QED) is 0.728. The van der Waals surface area contributed by atoms with Gasteiger partial charge in [-0.15, -0.1) is 11.6 Å². The van der Waals surface area contributed by atoms with Gasteiger partial charge in [0.25, 0.3) is 0 Å². The lowest BCUT2D eigenvalue weighted by Crippen LogP contribution is -2.10. The molecule has 1 aliphatic carbocycles. The van der Waals surface area contributed by atoms with Gasteiger partial charge in [0.2, 0.25) is 0 Å². The Morgan fingerprint density at radius 1 is 1.35 bits per heavy atom. The number of imidazole rings is 1. The van der Waals surface area contributed by atoms with Gasteiger partial charge in [-0.2, -0.15) is 0 Å². The summed E-state index contributed by atoms with van der Waals surface area (Å²) in [5.41, 5.74) is 0.703. The topological polar surface area (TPSA) is 17.8 Å². The second-order valence-electron chi connectivity index (χ2n) is 5.74. The largest absolute Gasteiger partial charge is 0.324 e. The molecule has 2 atom stereocenters. The van der Waals surface area contributed by atoms with Crippen LogP contribution in [0.5, 0.6) is 0 Å². The zero-order valence-corrected chi connectivity index (χ0v) is 12.3. The molecule has 0 N–H and O–H groups in total. The third kappa shape index (κ3) is 2.41. The van der Waals surface area contributed by atoms with E-state index in [1.54, 1.807) is 6.92 Å². The highest BCUT2D eigenvalue weighted by Gasteiger charge is 2.27. The minimum atomic E-state index is -0.629. The van der Waals surface area contributed by atoms with Crippen molar-refractivity contribution in [2.45, 2.75) is 44.5 Å². The van der Waals surface area contributed by atoms with Crippen LogP contribution in [-0.4, -0.2) is 9.55 Å². The number of benzene rings is 1. The molecule has 0 saturated heterocycles. The highest BCUT2D eigenvalue weighted by atomic mass is 35.5. The summed E-state index contributed by atoms with van der Waals surface area (Å²) < 4.78 is 29.3.